The van der Waals surface area contributed by atoms with E-state index in [-0.39, 0.29) is 17.7 Å². The standard InChI is InChI=1S/C20H26N6O2/c1-23-7-6-22-18(23)15-24-8-10-25(11-9-24)20(28)17-12-19(27)26(14-17)13-16-2-4-21-5-3-16/h2-7,17H,8-15H2,1H3. The Kier molecular flexibility index (Phi) is 5.38. The molecule has 4 rings (SSSR count). The van der Waals surface area contributed by atoms with Gasteiger partial charge >= 0.3 is 0 Å². The maximum Gasteiger partial charge on any atom is 0.228 e. The number of hydrogen-bond donors (Lipinski definition) is 0. The number of carbonyl (C=O) groups is 2. The van der Waals surface area contributed by atoms with Crippen molar-refractivity contribution in [3.8, 4) is 0 Å². The summed E-state index contributed by atoms with van der Waals surface area (Å²) in [5.41, 5.74) is 1.04. The van der Waals surface area contributed by atoms with Crippen molar-refractivity contribution in [1.82, 2.24) is 29.2 Å². The van der Waals surface area contributed by atoms with Crippen LogP contribution in [-0.2, 0) is 29.7 Å². The highest BCUT2D eigenvalue weighted by molar-refractivity contribution is 5.89. The van der Waals surface area contributed by atoms with E-state index in [1.54, 1.807) is 17.3 Å². The van der Waals surface area contributed by atoms with Gasteiger partial charge in [0.1, 0.15) is 5.82 Å². The molecule has 0 N–H and O–H groups in total. The molecule has 0 spiro atoms. The number of aryl methyl sites for hydroxylation is 1. The van der Waals surface area contributed by atoms with Crippen molar-refractivity contribution in [2.75, 3.05) is 32.7 Å². The maximum atomic E-state index is 12.9. The Morgan fingerprint density at radius 2 is 1.86 bits per heavy atom. The van der Waals surface area contributed by atoms with Crippen LogP contribution in [0.25, 0.3) is 0 Å². The van der Waals surface area contributed by atoms with Crippen LogP contribution in [0.5, 0.6) is 0 Å². The van der Waals surface area contributed by atoms with Gasteiger partial charge in [-0.2, -0.15) is 0 Å². The molecule has 2 saturated heterocycles. The lowest BCUT2D eigenvalue weighted by atomic mass is 10.1. The molecule has 1 atom stereocenters. The fraction of sp³-hybridized carbons (Fsp3) is 0.500. The fourth-order valence-electron chi connectivity index (χ4n) is 3.93. The SMILES string of the molecule is Cn1ccnc1CN1CCN(C(=O)C2CC(=O)N(Cc3ccncc3)C2)CC1. The quantitative estimate of drug-likeness (QED) is 0.753. The number of carbonyl (C=O) groups excluding carboxylic acids is 2. The minimum Gasteiger partial charge on any atom is -0.340 e. The minimum atomic E-state index is -0.226. The van der Waals surface area contributed by atoms with Crippen LogP contribution in [0.2, 0.25) is 0 Å². The first kappa shape index (κ1) is 18.6. The average Bonchev–Trinajstić information content (AvgIpc) is 3.28. The van der Waals surface area contributed by atoms with Crippen molar-refractivity contribution in [1.29, 1.82) is 0 Å². The van der Waals surface area contributed by atoms with Gasteiger partial charge in [-0.05, 0) is 17.7 Å². The zero-order chi connectivity index (χ0) is 19.5. The van der Waals surface area contributed by atoms with Crippen LogP contribution in [0.1, 0.15) is 17.8 Å². The van der Waals surface area contributed by atoms with E-state index in [2.05, 4.69) is 14.9 Å². The first-order chi connectivity index (χ1) is 13.6. The molecule has 8 nitrogen and oxygen atoms in total. The highest BCUT2D eigenvalue weighted by Gasteiger charge is 2.37. The van der Waals surface area contributed by atoms with E-state index in [9.17, 15) is 9.59 Å². The maximum absolute atomic E-state index is 12.9. The molecule has 2 amide bonds. The predicted molar refractivity (Wildman–Crippen MR) is 103 cm³/mol. The highest BCUT2D eigenvalue weighted by atomic mass is 16.2. The molecule has 0 bridgehead atoms. The lowest BCUT2D eigenvalue weighted by Crippen LogP contribution is -2.50. The van der Waals surface area contributed by atoms with Gasteiger partial charge in [0.05, 0.1) is 12.5 Å². The third-order valence-corrected chi connectivity index (χ3v) is 5.66. The van der Waals surface area contributed by atoms with Crippen LogP contribution in [0.4, 0.5) is 0 Å². The number of pyridine rings is 1. The van der Waals surface area contributed by atoms with E-state index < -0.39 is 0 Å². The Morgan fingerprint density at radius 1 is 1.11 bits per heavy atom. The Bertz CT molecular complexity index is 828. The Labute approximate surface area is 164 Å². The molecule has 8 heteroatoms. The molecular weight excluding hydrogens is 356 g/mol. The van der Waals surface area contributed by atoms with Gasteiger partial charge in [-0.1, -0.05) is 0 Å². The van der Waals surface area contributed by atoms with E-state index in [0.717, 1.165) is 31.0 Å². The predicted octanol–water partition coefficient (Wildman–Crippen LogP) is 0.508. The second-order valence-electron chi connectivity index (χ2n) is 7.59. The Balaban J connectivity index is 1.28. The average molecular weight is 382 g/mol. The van der Waals surface area contributed by atoms with Gasteiger partial charge in [-0.15, -0.1) is 0 Å². The van der Waals surface area contributed by atoms with Gasteiger partial charge in [0.2, 0.25) is 11.8 Å². The summed E-state index contributed by atoms with van der Waals surface area (Å²) in [5.74, 6) is 0.981. The molecule has 0 aliphatic carbocycles. The van der Waals surface area contributed by atoms with Crippen LogP contribution in [-0.4, -0.2) is 73.8 Å². The van der Waals surface area contributed by atoms with Crippen molar-refractivity contribution in [2.24, 2.45) is 13.0 Å². The monoisotopic (exact) mass is 382 g/mol. The first-order valence-electron chi connectivity index (χ1n) is 9.74. The van der Waals surface area contributed by atoms with E-state index >= 15 is 0 Å². The number of likely N-dealkylation sites (tertiary alicyclic amines) is 1. The third-order valence-electron chi connectivity index (χ3n) is 5.66. The van der Waals surface area contributed by atoms with Gasteiger partial charge in [-0.3, -0.25) is 19.5 Å². The second-order valence-corrected chi connectivity index (χ2v) is 7.59. The number of amides is 2. The summed E-state index contributed by atoms with van der Waals surface area (Å²) in [7, 11) is 2.00. The molecule has 28 heavy (non-hydrogen) atoms. The van der Waals surface area contributed by atoms with Crippen molar-refractivity contribution in [3.63, 3.8) is 0 Å². The third kappa shape index (κ3) is 4.06. The van der Waals surface area contributed by atoms with E-state index in [0.29, 0.717) is 32.6 Å². The molecule has 2 aliphatic heterocycles. The van der Waals surface area contributed by atoms with Gasteiger partial charge in [0.15, 0.2) is 0 Å². The normalized spacial score (nSPS) is 20.8. The lowest BCUT2D eigenvalue weighted by molar-refractivity contribution is -0.137. The molecule has 2 fully saturated rings. The summed E-state index contributed by atoms with van der Waals surface area (Å²) in [6, 6.07) is 3.81. The number of imidazole rings is 1. The van der Waals surface area contributed by atoms with E-state index in [1.165, 1.54) is 0 Å². The molecule has 0 saturated carbocycles. The summed E-state index contributed by atoms with van der Waals surface area (Å²) in [4.78, 5) is 39.7. The lowest BCUT2D eigenvalue weighted by Gasteiger charge is -2.35. The van der Waals surface area contributed by atoms with Gasteiger partial charge in [0, 0.05) is 77.5 Å². The first-order valence-corrected chi connectivity index (χ1v) is 9.74. The van der Waals surface area contributed by atoms with Crippen molar-refractivity contribution in [3.05, 3.63) is 48.3 Å². The van der Waals surface area contributed by atoms with Crippen LogP contribution in [0, 0.1) is 5.92 Å². The zero-order valence-electron chi connectivity index (χ0n) is 16.2. The van der Waals surface area contributed by atoms with Crippen LogP contribution >= 0.6 is 0 Å². The summed E-state index contributed by atoms with van der Waals surface area (Å²) in [6.07, 6.45) is 7.52. The summed E-state index contributed by atoms with van der Waals surface area (Å²) >= 11 is 0. The molecule has 4 heterocycles. The molecule has 0 aromatic carbocycles. The molecule has 1 unspecified atom stereocenters. The van der Waals surface area contributed by atoms with E-state index in [1.807, 2.05) is 41.0 Å². The van der Waals surface area contributed by atoms with Crippen molar-refractivity contribution < 1.29 is 9.59 Å². The van der Waals surface area contributed by atoms with Crippen LogP contribution in [0.15, 0.2) is 36.9 Å². The number of nitrogens with zero attached hydrogens (tertiary/aromatic N) is 6. The Hall–Kier alpha value is -2.74. The zero-order valence-corrected chi connectivity index (χ0v) is 16.2. The minimum absolute atomic E-state index is 0.0589. The molecule has 0 radical (unpaired) electrons. The number of aromatic nitrogens is 3. The van der Waals surface area contributed by atoms with Crippen LogP contribution in [0.3, 0.4) is 0 Å². The summed E-state index contributed by atoms with van der Waals surface area (Å²) < 4.78 is 2.03. The fourth-order valence-corrected chi connectivity index (χ4v) is 3.93. The second kappa shape index (κ2) is 8.10. The molecule has 148 valence electrons. The number of piperazine rings is 1. The largest absolute Gasteiger partial charge is 0.340 e. The van der Waals surface area contributed by atoms with Crippen molar-refractivity contribution >= 4 is 11.8 Å². The van der Waals surface area contributed by atoms with Gasteiger partial charge < -0.3 is 14.4 Å². The van der Waals surface area contributed by atoms with Crippen molar-refractivity contribution in [2.45, 2.75) is 19.5 Å². The number of hydrogen-bond acceptors (Lipinski definition) is 5. The molecule has 2 aliphatic rings. The summed E-state index contributed by atoms with van der Waals surface area (Å²) in [6.45, 7) is 4.93. The molecule has 2 aromatic heterocycles. The highest BCUT2D eigenvalue weighted by Crippen LogP contribution is 2.23. The number of rotatable bonds is 5. The van der Waals surface area contributed by atoms with Crippen LogP contribution < -0.4 is 0 Å². The van der Waals surface area contributed by atoms with Gasteiger partial charge in [-0.25, -0.2) is 4.98 Å². The smallest absolute Gasteiger partial charge is 0.228 e. The van der Waals surface area contributed by atoms with E-state index in [4.69, 9.17) is 0 Å². The Morgan fingerprint density at radius 3 is 2.54 bits per heavy atom. The van der Waals surface area contributed by atoms with Gasteiger partial charge in [0.25, 0.3) is 0 Å². The molecular formula is C20H26N6O2. The topological polar surface area (TPSA) is 74.6 Å². The summed E-state index contributed by atoms with van der Waals surface area (Å²) in [5, 5.41) is 0. The molecule has 2 aromatic rings.